The minimum Gasteiger partial charge on any atom is -0.481 e. The molecule has 2 unspecified atom stereocenters. The van der Waals surface area contributed by atoms with Gasteiger partial charge in [-0.05, 0) is 44.5 Å². The lowest BCUT2D eigenvalue weighted by Gasteiger charge is -2.27. The van der Waals surface area contributed by atoms with Crippen LogP contribution >= 0.6 is 0 Å². The molecule has 0 aromatic heterocycles. The van der Waals surface area contributed by atoms with Crippen LogP contribution in [-0.4, -0.2) is 43.1 Å². The van der Waals surface area contributed by atoms with E-state index in [1.807, 2.05) is 45.2 Å². The van der Waals surface area contributed by atoms with Gasteiger partial charge in [0.1, 0.15) is 5.75 Å². The SMILES string of the molecule is Cc1cccc(OC(C)C(=O)N(C)C2CCNC2)c1. The molecule has 4 nitrogen and oxygen atoms in total. The Hall–Kier alpha value is -1.55. The normalized spacial score (nSPS) is 20.1. The third kappa shape index (κ3) is 3.47. The van der Waals surface area contributed by atoms with Crippen LogP contribution in [0.15, 0.2) is 24.3 Å². The summed E-state index contributed by atoms with van der Waals surface area (Å²) in [6.45, 7) is 5.67. The van der Waals surface area contributed by atoms with Crippen LogP contribution in [0, 0.1) is 6.92 Å². The van der Waals surface area contributed by atoms with Crippen molar-refractivity contribution in [1.29, 1.82) is 0 Å². The van der Waals surface area contributed by atoms with Crippen molar-refractivity contribution in [2.45, 2.75) is 32.4 Å². The topological polar surface area (TPSA) is 41.6 Å². The van der Waals surface area contributed by atoms with Crippen molar-refractivity contribution < 1.29 is 9.53 Å². The molecule has 0 aliphatic carbocycles. The maximum absolute atomic E-state index is 12.3. The van der Waals surface area contributed by atoms with E-state index in [0.29, 0.717) is 0 Å². The summed E-state index contributed by atoms with van der Waals surface area (Å²) in [6, 6.07) is 8.06. The number of rotatable bonds is 4. The van der Waals surface area contributed by atoms with Gasteiger partial charge in [0.05, 0.1) is 0 Å². The Kier molecular flexibility index (Phi) is 4.43. The maximum Gasteiger partial charge on any atom is 0.263 e. The molecule has 104 valence electrons. The van der Waals surface area contributed by atoms with Gasteiger partial charge in [-0.2, -0.15) is 0 Å². The standard InChI is InChI=1S/C15H22N2O2/c1-11-5-4-6-14(9-11)19-12(2)15(18)17(3)13-7-8-16-10-13/h4-6,9,12-13,16H,7-8,10H2,1-3H3. The number of nitrogens with zero attached hydrogens (tertiary/aromatic N) is 1. The molecule has 0 radical (unpaired) electrons. The minimum atomic E-state index is -0.451. The number of amides is 1. The molecule has 1 saturated heterocycles. The van der Waals surface area contributed by atoms with Gasteiger partial charge in [-0.3, -0.25) is 4.79 Å². The van der Waals surface area contributed by atoms with Crippen LogP contribution in [0.2, 0.25) is 0 Å². The first kappa shape index (κ1) is 13.9. The van der Waals surface area contributed by atoms with E-state index in [4.69, 9.17) is 4.74 Å². The highest BCUT2D eigenvalue weighted by Gasteiger charge is 2.27. The van der Waals surface area contributed by atoms with Gasteiger partial charge in [-0.25, -0.2) is 0 Å². The van der Waals surface area contributed by atoms with E-state index in [1.54, 1.807) is 4.90 Å². The third-order valence-electron chi connectivity index (χ3n) is 3.58. The van der Waals surface area contributed by atoms with Crippen molar-refractivity contribution in [1.82, 2.24) is 10.2 Å². The molecule has 0 saturated carbocycles. The molecule has 19 heavy (non-hydrogen) atoms. The largest absolute Gasteiger partial charge is 0.481 e. The Morgan fingerprint density at radius 1 is 1.53 bits per heavy atom. The molecule has 1 fully saturated rings. The first-order valence-electron chi connectivity index (χ1n) is 6.78. The third-order valence-corrected chi connectivity index (χ3v) is 3.58. The van der Waals surface area contributed by atoms with Gasteiger partial charge in [0.2, 0.25) is 0 Å². The van der Waals surface area contributed by atoms with Crippen LogP contribution in [0.1, 0.15) is 18.9 Å². The summed E-state index contributed by atoms with van der Waals surface area (Å²) in [5, 5.41) is 3.27. The minimum absolute atomic E-state index is 0.0372. The van der Waals surface area contributed by atoms with Crippen molar-refractivity contribution >= 4 is 5.91 Å². The van der Waals surface area contributed by atoms with E-state index in [0.717, 1.165) is 30.8 Å². The highest BCUT2D eigenvalue weighted by Crippen LogP contribution is 2.16. The van der Waals surface area contributed by atoms with E-state index in [2.05, 4.69) is 5.32 Å². The average Bonchev–Trinajstić information content (AvgIpc) is 2.90. The molecule has 0 spiro atoms. The van der Waals surface area contributed by atoms with Crippen LogP contribution in [0.4, 0.5) is 0 Å². The number of benzene rings is 1. The van der Waals surface area contributed by atoms with Gasteiger partial charge >= 0.3 is 0 Å². The van der Waals surface area contributed by atoms with Crippen LogP contribution in [0.25, 0.3) is 0 Å². The van der Waals surface area contributed by atoms with E-state index >= 15 is 0 Å². The lowest BCUT2D eigenvalue weighted by Crippen LogP contribution is -2.44. The fraction of sp³-hybridized carbons (Fsp3) is 0.533. The zero-order valence-electron chi connectivity index (χ0n) is 11.8. The summed E-state index contributed by atoms with van der Waals surface area (Å²) < 4.78 is 5.73. The lowest BCUT2D eigenvalue weighted by atomic mass is 10.2. The Labute approximate surface area is 114 Å². The molecule has 1 heterocycles. The fourth-order valence-corrected chi connectivity index (χ4v) is 2.38. The van der Waals surface area contributed by atoms with E-state index in [-0.39, 0.29) is 11.9 Å². The first-order chi connectivity index (χ1) is 9.08. The summed E-state index contributed by atoms with van der Waals surface area (Å²) >= 11 is 0. The van der Waals surface area contributed by atoms with Crippen LogP contribution < -0.4 is 10.1 Å². The highest BCUT2D eigenvalue weighted by atomic mass is 16.5. The van der Waals surface area contributed by atoms with Gasteiger partial charge in [0, 0.05) is 19.6 Å². The monoisotopic (exact) mass is 262 g/mol. The predicted molar refractivity (Wildman–Crippen MR) is 75.3 cm³/mol. The number of likely N-dealkylation sites (N-methyl/N-ethyl adjacent to an activating group) is 1. The van der Waals surface area contributed by atoms with Crippen LogP contribution in [-0.2, 0) is 4.79 Å². The zero-order chi connectivity index (χ0) is 13.8. The van der Waals surface area contributed by atoms with E-state index in [1.165, 1.54) is 0 Å². The second kappa shape index (κ2) is 6.06. The van der Waals surface area contributed by atoms with Crippen molar-refractivity contribution in [2.24, 2.45) is 0 Å². The van der Waals surface area contributed by atoms with Crippen LogP contribution in [0.3, 0.4) is 0 Å². The van der Waals surface area contributed by atoms with Crippen molar-refractivity contribution in [3.8, 4) is 5.75 Å². The molecule has 1 aromatic carbocycles. The Morgan fingerprint density at radius 3 is 2.95 bits per heavy atom. The number of aryl methyl sites for hydroxylation is 1. The number of hydrogen-bond donors (Lipinski definition) is 1. The summed E-state index contributed by atoms with van der Waals surface area (Å²) in [7, 11) is 1.86. The highest BCUT2D eigenvalue weighted by molar-refractivity contribution is 5.81. The van der Waals surface area contributed by atoms with Gasteiger partial charge in [0.15, 0.2) is 6.10 Å². The zero-order valence-corrected chi connectivity index (χ0v) is 11.8. The number of carbonyl (C=O) groups is 1. The van der Waals surface area contributed by atoms with Crippen LogP contribution in [0.5, 0.6) is 5.75 Å². The molecule has 4 heteroatoms. The fourth-order valence-electron chi connectivity index (χ4n) is 2.38. The molecule has 1 aromatic rings. The number of nitrogens with one attached hydrogen (secondary N) is 1. The second-order valence-electron chi connectivity index (χ2n) is 5.17. The van der Waals surface area contributed by atoms with E-state index < -0.39 is 6.10 Å². The van der Waals surface area contributed by atoms with Crippen molar-refractivity contribution in [3.63, 3.8) is 0 Å². The molecule has 0 bridgehead atoms. The summed E-state index contributed by atoms with van der Waals surface area (Å²) in [5.41, 5.74) is 1.13. The summed E-state index contributed by atoms with van der Waals surface area (Å²) in [6.07, 6.45) is 0.562. The lowest BCUT2D eigenvalue weighted by molar-refractivity contribution is -0.138. The molecule has 1 amide bonds. The van der Waals surface area contributed by atoms with Gasteiger partial charge in [-0.15, -0.1) is 0 Å². The van der Waals surface area contributed by atoms with Crippen molar-refractivity contribution in [2.75, 3.05) is 20.1 Å². The molecule has 1 N–H and O–H groups in total. The summed E-state index contributed by atoms with van der Waals surface area (Å²) in [4.78, 5) is 14.1. The molecular weight excluding hydrogens is 240 g/mol. The number of carbonyl (C=O) groups excluding carboxylic acids is 1. The van der Waals surface area contributed by atoms with E-state index in [9.17, 15) is 4.79 Å². The Bertz CT molecular complexity index is 442. The molecule has 1 aliphatic heterocycles. The van der Waals surface area contributed by atoms with Gasteiger partial charge in [-0.1, -0.05) is 12.1 Å². The maximum atomic E-state index is 12.3. The number of ether oxygens (including phenoxy) is 1. The first-order valence-corrected chi connectivity index (χ1v) is 6.78. The number of hydrogen-bond acceptors (Lipinski definition) is 3. The predicted octanol–water partition coefficient (Wildman–Crippen LogP) is 1.58. The van der Waals surface area contributed by atoms with Gasteiger partial charge < -0.3 is 15.0 Å². The molecule has 2 atom stereocenters. The Morgan fingerprint density at radius 2 is 2.32 bits per heavy atom. The van der Waals surface area contributed by atoms with Crippen molar-refractivity contribution in [3.05, 3.63) is 29.8 Å². The Balaban J connectivity index is 1.95. The van der Waals surface area contributed by atoms with Gasteiger partial charge in [0.25, 0.3) is 5.91 Å². The molecule has 1 aliphatic rings. The quantitative estimate of drug-likeness (QED) is 0.896. The molecule has 2 rings (SSSR count). The smallest absolute Gasteiger partial charge is 0.263 e. The second-order valence-corrected chi connectivity index (χ2v) is 5.17. The average molecular weight is 262 g/mol. The summed E-state index contributed by atoms with van der Waals surface area (Å²) in [5.74, 6) is 0.786. The molecular formula is C15H22N2O2.